The number of aromatic nitrogens is 1. The lowest BCUT2D eigenvalue weighted by Gasteiger charge is -2.08. The summed E-state index contributed by atoms with van der Waals surface area (Å²) in [7, 11) is 2.60. The number of ether oxygens (including phenoxy) is 2. The van der Waals surface area contributed by atoms with Gasteiger partial charge in [0.15, 0.2) is 12.0 Å². The molecule has 0 radical (unpaired) electrons. The molecule has 70 valence electrons. The highest BCUT2D eigenvalue weighted by molar-refractivity contribution is 5.80. The third-order valence-electron chi connectivity index (χ3n) is 1.51. The van der Waals surface area contributed by atoms with Crippen LogP contribution in [0.5, 0.6) is 11.5 Å². The van der Waals surface area contributed by atoms with Crippen molar-refractivity contribution < 1.29 is 18.7 Å². The molecule has 0 N–H and O–H groups in total. The molecule has 0 aliphatic heterocycles. The summed E-state index contributed by atoms with van der Waals surface area (Å²) in [5, 5.41) is 0. The van der Waals surface area contributed by atoms with E-state index in [1.807, 2.05) is 0 Å². The van der Waals surface area contributed by atoms with Crippen LogP contribution in [-0.4, -0.2) is 25.5 Å². The monoisotopic (exact) mass is 185 g/mol. The Morgan fingerprint density at radius 2 is 2.00 bits per heavy atom. The van der Waals surface area contributed by atoms with E-state index in [2.05, 4.69) is 9.72 Å². The van der Waals surface area contributed by atoms with Gasteiger partial charge in [0.05, 0.1) is 19.8 Å². The number of methoxy groups -OCH3 is 2. The molecule has 1 heterocycles. The SMILES string of the molecule is COc1c(C=O)cnc(F)c1OC. The number of hydrogen-bond acceptors (Lipinski definition) is 4. The zero-order valence-electron chi connectivity index (χ0n) is 7.20. The first-order valence-corrected chi connectivity index (χ1v) is 3.46. The molecule has 13 heavy (non-hydrogen) atoms. The molecule has 0 spiro atoms. The molecule has 0 saturated carbocycles. The molecule has 0 atom stereocenters. The predicted molar refractivity (Wildman–Crippen MR) is 42.7 cm³/mol. The van der Waals surface area contributed by atoms with E-state index < -0.39 is 5.95 Å². The summed E-state index contributed by atoms with van der Waals surface area (Å²) >= 11 is 0. The first-order valence-electron chi connectivity index (χ1n) is 3.46. The Kier molecular flexibility index (Phi) is 2.79. The van der Waals surface area contributed by atoms with Crippen molar-refractivity contribution in [2.45, 2.75) is 0 Å². The fraction of sp³-hybridized carbons (Fsp3) is 0.250. The highest BCUT2D eigenvalue weighted by atomic mass is 19.1. The quantitative estimate of drug-likeness (QED) is 0.521. The second-order valence-electron chi connectivity index (χ2n) is 2.19. The maximum absolute atomic E-state index is 12.9. The Hall–Kier alpha value is -1.65. The number of nitrogens with zero attached hydrogens (tertiary/aromatic N) is 1. The first kappa shape index (κ1) is 9.44. The van der Waals surface area contributed by atoms with Gasteiger partial charge in [-0.1, -0.05) is 0 Å². The fourth-order valence-corrected chi connectivity index (χ4v) is 0.940. The summed E-state index contributed by atoms with van der Waals surface area (Å²) in [5.41, 5.74) is 0.153. The molecule has 0 aromatic carbocycles. The van der Waals surface area contributed by atoms with Gasteiger partial charge < -0.3 is 9.47 Å². The van der Waals surface area contributed by atoms with E-state index in [1.165, 1.54) is 14.2 Å². The van der Waals surface area contributed by atoms with Gasteiger partial charge >= 0.3 is 0 Å². The Bertz CT molecular complexity index is 327. The van der Waals surface area contributed by atoms with Gasteiger partial charge in [-0.25, -0.2) is 4.98 Å². The summed E-state index contributed by atoms with van der Waals surface area (Å²) in [6.45, 7) is 0. The topological polar surface area (TPSA) is 48.4 Å². The molecule has 5 heteroatoms. The van der Waals surface area contributed by atoms with Gasteiger partial charge in [-0.3, -0.25) is 4.79 Å². The molecule has 1 rings (SSSR count). The summed E-state index contributed by atoms with van der Waals surface area (Å²) in [6.07, 6.45) is 1.61. The summed E-state index contributed by atoms with van der Waals surface area (Å²) in [5.74, 6) is -0.901. The molecule has 4 nitrogen and oxygen atoms in total. The van der Waals surface area contributed by atoms with E-state index in [-0.39, 0.29) is 17.1 Å². The van der Waals surface area contributed by atoms with E-state index in [1.54, 1.807) is 0 Å². The molecule has 0 aliphatic carbocycles. The van der Waals surface area contributed by atoms with Crippen molar-refractivity contribution in [3.63, 3.8) is 0 Å². The maximum atomic E-state index is 12.9. The highest BCUT2D eigenvalue weighted by Gasteiger charge is 2.15. The number of pyridine rings is 1. The van der Waals surface area contributed by atoms with Crippen molar-refractivity contribution >= 4 is 6.29 Å². The smallest absolute Gasteiger partial charge is 0.259 e. The van der Waals surface area contributed by atoms with Crippen molar-refractivity contribution in [3.05, 3.63) is 17.7 Å². The summed E-state index contributed by atoms with van der Waals surface area (Å²) < 4.78 is 22.4. The maximum Gasteiger partial charge on any atom is 0.259 e. The van der Waals surface area contributed by atoms with Gasteiger partial charge in [-0.15, -0.1) is 0 Å². The van der Waals surface area contributed by atoms with E-state index >= 15 is 0 Å². The highest BCUT2D eigenvalue weighted by Crippen LogP contribution is 2.30. The number of carbonyl (C=O) groups excluding carboxylic acids is 1. The average Bonchev–Trinajstić information content (AvgIpc) is 2.17. The van der Waals surface area contributed by atoms with Gasteiger partial charge in [0.1, 0.15) is 0 Å². The molecule has 0 amide bonds. The number of halogens is 1. The van der Waals surface area contributed by atoms with Crippen LogP contribution < -0.4 is 9.47 Å². The lowest BCUT2D eigenvalue weighted by Crippen LogP contribution is -1.99. The molecular formula is C8H8FNO3. The predicted octanol–water partition coefficient (Wildman–Crippen LogP) is 1.05. The Morgan fingerprint density at radius 1 is 1.38 bits per heavy atom. The van der Waals surface area contributed by atoms with Crippen molar-refractivity contribution in [1.82, 2.24) is 4.98 Å². The molecule has 1 aromatic heterocycles. The minimum atomic E-state index is -0.801. The molecule has 0 aliphatic rings. The largest absolute Gasteiger partial charge is 0.492 e. The summed E-state index contributed by atoms with van der Waals surface area (Å²) in [4.78, 5) is 13.8. The van der Waals surface area contributed by atoms with Gasteiger partial charge in [0.25, 0.3) is 5.95 Å². The van der Waals surface area contributed by atoms with Crippen molar-refractivity contribution in [2.75, 3.05) is 14.2 Å². The van der Waals surface area contributed by atoms with Gasteiger partial charge in [-0.05, 0) is 0 Å². The van der Waals surface area contributed by atoms with Gasteiger partial charge in [0.2, 0.25) is 5.75 Å². The van der Waals surface area contributed by atoms with Gasteiger partial charge in [-0.2, -0.15) is 4.39 Å². The minimum absolute atomic E-state index is 0.0602. The standard InChI is InChI=1S/C8H8FNO3/c1-12-6-5(4-11)3-10-8(9)7(6)13-2/h3-4H,1-2H3. The molecule has 1 aromatic rings. The Balaban J connectivity index is 3.35. The molecule has 0 bridgehead atoms. The number of rotatable bonds is 3. The van der Waals surface area contributed by atoms with Crippen LogP contribution in [-0.2, 0) is 0 Å². The molecular weight excluding hydrogens is 177 g/mol. The van der Waals surface area contributed by atoms with Crippen LogP contribution in [0.3, 0.4) is 0 Å². The third-order valence-corrected chi connectivity index (χ3v) is 1.51. The van der Waals surface area contributed by atoms with Crippen LogP contribution in [0.25, 0.3) is 0 Å². The van der Waals surface area contributed by atoms with Gasteiger partial charge in [0, 0.05) is 6.20 Å². The number of carbonyl (C=O) groups is 1. The Labute approximate surface area is 74.3 Å². The van der Waals surface area contributed by atoms with Crippen molar-refractivity contribution in [2.24, 2.45) is 0 Å². The van der Waals surface area contributed by atoms with E-state index in [4.69, 9.17) is 4.74 Å². The van der Waals surface area contributed by atoms with Crippen LogP contribution in [0.15, 0.2) is 6.20 Å². The normalized spacial score (nSPS) is 9.46. The van der Waals surface area contributed by atoms with Crippen LogP contribution >= 0.6 is 0 Å². The van der Waals surface area contributed by atoms with Crippen LogP contribution in [0.2, 0.25) is 0 Å². The van der Waals surface area contributed by atoms with E-state index in [9.17, 15) is 9.18 Å². The second-order valence-corrected chi connectivity index (χ2v) is 2.19. The van der Waals surface area contributed by atoms with E-state index in [0.29, 0.717) is 6.29 Å². The van der Waals surface area contributed by atoms with E-state index in [0.717, 1.165) is 6.20 Å². The van der Waals surface area contributed by atoms with Crippen LogP contribution in [0.4, 0.5) is 4.39 Å². The number of aldehydes is 1. The lowest BCUT2D eigenvalue weighted by atomic mass is 10.2. The van der Waals surface area contributed by atoms with Crippen LogP contribution in [0.1, 0.15) is 10.4 Å². The zero-order valence-corrected chi connectivity index (χ0v) is 7.20. The first-order chi connectivity index (χ1) is 6.24. The molecule has 0 fully saturated rings. The van der Waals surface area contributed by atoms with Crippen molar-refractivity contribution in [1.29, 1.82) is 0 Å². The second kappa shape index (κ2) is 3.84. The van der Waals surface area contributed by atoms with Crippen molar-refractivity contribution in [3.8, 4) is 11.5 Å². The zero-order chi connectivity index (χ0) is 9.84. The minimum Gasteiger partial charge on any atom is -0.492 e. The average molecular weight is 185 g/mol. The molecule has 0 saturated heterocycles. The Morgan fingerprint density at radius 3 is 2.46 bits per heavy atom. The fourth-order valence-electron chi connectivity index (χ4n) is 0.940. The lowest BCUT2D eigenvalue weighted by molar-refractivity contribution is 0.111. The summed E-state index contributed by atoms with van der Waals surface area (Å²) in [6, 6.07) is 0. The molecule has 0 unspecified atom stereocenters. The third kappa shape index (κ3) is 1.58. The number of hydrogen-bond donors (Lipinski definition) is 0. The van der Waals surface area contributed by atoms with Crippen LogP contribution in [0, 0.1) is 5.95 Å².